The van der Waals surface area contributed by atoms with Gasteiger partial charge >= 0.3 is 5.97 Å². The number of carbonyl (C=O) groups is 2. The molecule has 0 aliphatic carbocycles. The zero-order valence-corrected chi connectivity index (χ0v) is 12.1. The third kappa shape index (κ3) is 7.05. The predicted molar refractivity (Wildman–Crippen MR) is 73.2 cm³/mol. The van der Waals surface area contributed by atoms with Crippen LogP contribution >= 0.6 is 0 Å². The Balaban J connectivity index is 4.36. The standard InChI is InChI=1S/C15H24O3/c1-11(2)7-6-8-12(3)9-10-14(13(4)16)15(17)18-5/h7,10,12H,6,8-9H2,1-5H3/b14-10-/t12-/m1/s1. The molecule has 0 saturated carbocycles. The molecular weight excluding hydrogens is 228 g/mol. The van der Waals surface area contributed by atoms with E-state index < -0.39 is 5.97 Å². The molecule has 18 heavy (non-hydrogen) atoms. The molecule has 3 heteroatoms. The van der Waals surface area contributed by atoms with Crippen LogP contribution < -0.4 is 0 Å². The zero-order valence-electron chi connectivity index (χ0n) is 12.1. The van der Waals surface area contributed by atoms with Gasteiger partial charge in [-0.25, -0.2) is 4.79 Å². The quantitative estimate of drug-likeness (QED) is 0.229. The normalized spacial score (nSPS) is 12.8. The zero-order chi connectivity index (χ0) is 14.1. The largest absolute Gasteiger partial charge is 0.465 e. The fourth-order valence-electron chi connectivity index (χ4n) is 1.57. The summed E-state index contributed by atoms with van der Waals surface area (Å²) in [5.41, 5.74) is 1.48. The molecule has 0 unspecified atom stereocenters. The lowest BCUT2D eigenvalue weighted by molar-refractivity contribution is -0.137. The highest BCUT2D eigenvalue weighted by Gasteiger charge is 2.14. The van der Waals surface area contributed by atoms with Gasteiger partial charge in [0.2, 0.25) is 0 Å². The number of methoxy groups -OCH3 is 1. The fourth-order valence-corrected chi connectivity index (χ4v) is 1.57. The van der Waals surface area contributed by atoms with Crippen molar-refractivity contribution in [3.8, 4) is 0 Å². The number of hydrogen-bond acceptors (Lipinski definition) is 3. The maximum Gasteiger partial charge on any atom is 0.341 e. The minimum absolute atomic E-state index is 0.159. The van der Waals surface area contributed by atoms with Gasteiger partial charge in [0.25, 0.3) is 0 Å². The molecule has 0 aliphatic rings. The molecule has 0 saturated heterocycles. The maximum atomic E-state index is 11.3. The summed E-state index contributed by atoms with van der Waals surface area (Å²) in [4.78, 5) is 22.6. The summed E-state index contributed by atoms with van der Waals surface area (Å²) in [6.45, 7) is 7.66. The summed E-state index contributed by atoms with van der Waals surface area (Å²) in [6.07, 6.45) is 6.70. The van der Waals surface area contributed by atoms with Crippen molar-refractivity contribution >= 4 is 11.8 Å². The molecule has 0 N–H and O–H groups in total. The van der Waals surface area contributed by atoms with Crippen LogP contribution in [0.3, 0.4) is 0 Å². The Kier molecular flexibility index (Phi) is 8.01. The summed E-state index contributed by atoms with van der Waals surface area (Å²) >= 11 is 0. The fraction of sp³-hybridized carbons (Fsp3) is 0.600. The van der Waals surface area contributed by atoms with E-state index in [2.05, 4.69) is 31.6 Å². The van der Waals surface area contributed by atoms with Crippen LogP contribution in [0.25, 0.3) is 0 Å². The molecule has 102 valence electrons. The van der Waals surface area contributed by atoms with Gasteiger partial charge in [-0.2, -0.15) is 0 Å². The van der Waals surface area contributed by atoms with Gasteiger partial charge in [0.05, 0.1) is 12.7 Å². The summed E-state index contributed by atoms with van der Waals surface area (Å²) in [7, 11) is 1.29. The molecule has 0 aromatic heterocycles. The van der Waals surface area contributed by atoms with E-state index in [1.807, 2.05) is 0 Å². The molecule has 0 heterocycles. The van der Waals surface area contributed by atoms with E-state index in [1.54, 1.807) is 6.08 Å². The highest BCUT2D eigenvalue weighted by atomic mass is 16.5. The van der Waals surface area contributed by atoms with Crippen LogP contribution in [0.1, 0.15) is 47.0 Å². The van der Waals surface area contributed by atoms with Crippen molar-refractivity contribution in [2.45, 2.75) is 47.0 Å². The average Bonchev–Trinajstić information content (AvgIpc) is 2.27. The van der Waals surface area contributed by atoms with Gasteiger partial charge in [-0.15, -0.1) is 0 Å². The molecule has 0 spiro atoms. The van der Waals surface area contributed by atoms with Crippen LogP contribution in [0.2, 0.25) is 0 Å². The molecule has 0 rings (SSSR count). The summed E-state index contributed by atoms with van der Waals surface area (Å²) < 4.78 is 4.58. The molecule has 0 aromatic carbocycles. The van der Waals surface area contributed by atoms with Gasteiger partial charge in [-0.1, -0.05) is 24.6 Å². The van der Waals surface area contributed by atoms with Crippen molar-refractivity contribution in [1.82, 2.24) is 0 Å². The first-order valence-electron chi connectivity index (χ1n) is 6.31. The SMILES string of the molecule is COC(=O)/C(=C\C[C@H](C)CCC=C(C)C)C(C)=O. The smallest absolute Gasteiger partial charge is 0.341 e. The third-order valence-electron chi connectivity index (χ3n) is 2.72. The summed E-state index contributed by atoms with van der Waals surface area (Å²) in [6, 6.07) is 0. The van der Waals surface area contributed by atoms with Crippen LogP contribution in [0.15, 0.2) is 23.3 Å². The highest BCUT2D eigenvalue weighted by molar-refractivity contribution is 6.16. The Hall–Kier alpha value is -1.38. The maximum absolute atomic E-state index is 11.3. The summed E-state index contributed by atoms with van der Waals surface area (Å²) in [5, 5.41) is 0. The molecule has 1 atom stereocenters. The van der Waals surface area contributed by atoms with Crippen LogP contribution in [0, 0.1) is 5.92 Å². The van der Waals surface area contributed by atoms with Crippen molar-refractivity contribution in [3.05, 3.63) is 23.3 Å². The first kappa shape index (κ1) is 16.6. The van der Waals surface area contributed by atoms with Gasteiger partial charge in [0.15, 0.2) is 5.78 Å². The average molecular weight is 252 g/mol. The van der Waals surface area contributed by atoms with Gasteiger partial charge < -0.3 is 4.74 Å². The molecule has 0 aromatic rings. The van der Waals surface area contributed by atoms with E-state index in [1.165, 1.54) is 19.6 Å². The van der Waals surface area contributed by atoms with E-state index in [4.69, 9.17) is 0 Å². The Morgan fingerprint density at radius 1 is 1.17 bits per heavy atom. The molecule has 0 fully saturated rings. The van der Waals surface area contributed by atoms with Crippen molar-refractivity contribution in [3.63, 3.8) is 0 Å². The van der Waals surface area contributed by atoms with Crippen LogP contribution in [0.4, 0.5) is 0 Å². The molecule has 3 nitrogen and oxygen atoms in total. The van der Waals surface area contributed by atoms with Crippen molar-refractivity contribution in [2.75, 3.05) is 7.11 Å². The topological polar surface area (TPSA) is 43.4 Å². The second kappa shape index (κ2) is 8.67. The lowest BCUT2D eigenvalue weighted by Crippen LogP contribution is -2.12. The minimum atomic E-state index is -0.543. The number of esters is 1. The van der Waals surface area contributed by atoms with Gasteiger partial charge in [0.1, 0.15) is 0 Å². The number of allylic oxidation sites excluding steroid dienone is 3. The molecule has 0 radical (unpaired) electrons. The second-order valence-electron chi connectivity index (χ2n) is 4.87. The molecule has 0 bridgehead atoms. The minimum Gasteiger partial charge on any atom is -0.465 e. The first-order valence-corrected chi connectivity index (χ1v) is 6.31. The van der Waals surface area contributed by atoms with E-state index >= 15 is 0 Å². The van der Waals surface area contributed by atoms with Crippen LogP contribution in [-0.2, 0) is 14.3 Å². The third-order valence-corrected chi connectivity index (χ3v) is 2.72. The Bertz CT molecular complexity index is 347. The van der Waals surface area contributed by atoms with Crippen molar-refractivity contribution in [2.24, 2.45) is 5.92 Å². The van der Waals surface area contributed by atoms with Crippen molar-refractivity contribution in [1.29, 1.82) is 0 Å². The lowest BCUT2D eigenvalue weighted by atomic mass is 9.98. The number of ketones is 1. The van der Waals surface area contributed by atoms with E-state index in [0.717, 1.165) is 19.3 Å². The Morgan fingerprint density at radius 3 is 2.22 bits per heavy atom. The van der Waals surface area contributed by atoms with Crippen LogP contribution in [0.5, 0.6) is 0 Å². The van der Waals surface area contributed by atoms with E-state index in [9.17, 15) is 9.59 Å². The lowest BCUT2D eigenvalue weighted by Gasteiger charge is -2.08. The monoisotopic (exact) mass is 252 g/mol. The van der Waals surface area contributed by atoms with E-state index in [-0.39, 0.29) is 11.4 Å². The highest BCUT2D eigenvalue weighted by Crippen LogP contribution is 2.14. The number of rotatable bonds is 7. The summed E-state index contributed by atoms with van der Waals surface area (Å²) in [5.74, 6) is -0.336. The second-order valence-corrected chi connectivity index (χ2v) is 4.87. The molecule has 0 aliphatic heterocycles. The van der Waals surface area contributed by atoms with Gasteiger partial charge in [0, 0.05) is 0 Å². The molecular formula is C15H24O3. The number of Topliss-reactive ketones (excluding diaryl/α,β-unsaturated/α-hetero) is 1. The number of carbonyl (C=O) groups excluding carboxylic acids is 2. The van der Waals surface area contributed by atoms with Gasteiger partial charge in [-0.05, 0) is 46.0 Å². The number of hydrogen-bond donors (Lipinski definition) is 0. The van der Waals surface area contributed by atoms with Gasteiger partial charge in [-0.3, -0.25) is 4.79 Å². The van der Waals surface area contributed by atoms with Crippen LogP contribution in [-0.4, -0.2) is 18.9 Å². The Morgan fingerprint density at radius 2 is 1.78 bits per heavy atom. The predicted octanol–water partition coefficient (Wildman–Crippen LogP) is 3.45. The van der Waals surface area contributed by atoms with Crippen molar-refractivity contribution < 1.29 is 14.3 Å². The molecule has 0 amide bonds. The Labute approximate surface area is 110 Å². The number of ether oxygens (including phenoxy) is 1. The van der Waals surface area contributed by atoms with E-state index in [0.29, 0.717) is 5.92 Å². The first-order chi connectivity index (χ1) is 8.38.